The standard InChI is InChI=1S/C11H14N2O3S/c1-6-10(17-5-12-6)9(11(15)16)13(7(2)14)8-3-4-8/h5,8-9H,3-4H2,1-2H3,(H,15,16). The highest BCUT2D eigenvalue weighted by Gasteiger charge is 2.41. The number of aliphatic carboxylic acids is 1. The first-order valence-electron chi connectivity index (χ1n) is 5.44. The lowest BCUT2D eigenvalue weighted by atomic mass is 10.1. The van der Waals surface area contributed by atoms with Crippen molar-refractivity contribution in [3.05, 3.63) is 16.1 Å². The van der Waals surface area contributed by atoms with Gasteiger partial charge >= 0.3 is 5.97 Å². The van der Waals surface area contributed by atoms with Crippen molar-refractivity contribution < 1.29 is 14.7 Å². The first-order valence-corrected chi connectivity index (χ1v) is 6.32. The summed E-state index contributed by atoms with van der Waals surface area (Å²) in [6, 6.07) is -0.803. The summed E-state index contributed by atoms with van der Waals surface area (Å²) in [4.78, 5) is 29.2. The number of rotatable bonds is 4. The molecule has 17 heavy (non-hydrogen) atoms. The van der Waals surface area contributed by atoms with Gasteiger partial charge in [-0.2, -0.15) is 0 Å². The van der Waals surface area contributed by atoms with Gasteiger partial charge in [-0.1, -0.05) is 0 Å². The van der Waals surface area contributed by atoms with Gasteiger partial charge in [0.15, 0.2) is 6.04 Å². The maximum absolute atomic E-state index is 11.6. The molecule has 6 heteroatoms. The minimum Gasteiger partial charge on any atom is -0.479 e. The van der Waals surface area contributed by atoms with Gasteiger partial charge in [0, 0.05) is 13.0 Å². The summed E-state index contributed by atoms with van der Waals surface area (Å²) in [5.74, 6) is -1.17. The topological polar surface area (TPSA) is 70.5 Å². The lowest BCUT2D eigenvalue weighted by Crippen LogP contribution is -2.39. The van der Waals surface area contributed by atoms with Crippen LogP contribution >= 0.6 is 11.3 Å². The minimum atomic E-state index is -0.987. The van der Waals surface area contributed by atoms with Crippen LogP contribution in [0.2, 0.25) is 0 Å². The van der Waals surface area contributed by atoms with Crippen LogP contribution in [0.1, 0.15) is 36.4 Å². The van der Waals surface area contributed by atoms with Crippen LogP contribution < -0.4 is 0 Å². The van der Waals surface area contributed by atoms with Crippen LogP contribution in [0.15, 0.2) is 5.51 Å². The van der Waals surface area contributed by atoms with Crippen LogP contribution in [0, 0.1) is 6.92 Å². The van der Waals surface area contributed by atoms with Crippen LogP contribution in [-0.2, 0) is 9.59 Å². The summed E-state index contributed by atoms with van der Waals surface area (Å²) in [6.07, 6.45) is 1.78. The fourth-order valence-corrected chi connectivity index (χ4v) is 2.82. The van der Waals surface area contributed by atoms with Crippen molar-refractivity contribution in [2.45, 2.75) is 38.8 Å². The quantitative estimate of drug-likeness (QED) is 0.885. The molecule has 1 atom stereocenters. The Bertz CT molecular complexity index is 453. The SMILES string of the molecule is CC(=O)N(C1CC1)C(C(=O)O)c1scnc1C. The first-order chi connectivity index (χ1) is 8.02. The summed E-state index contributed by atoms with van der Waals surface area (Å²) in [5.41, 5.74) is 2.31. The number of amides is 1. The molecule has 1 aliphatic rings. The molecule has 1 fully saturated rings. The van der Waals surface area contributed by atoms with Gasteiger partial charge in [-0.05, 0) is 19.8 Å². The molecule has 0 aliphatic heterocycles. The van der Waals surface area contributed by atoms with E-state index in [0.717, 1.165) is 12.8 Å². The van der Waals surface area contributed by atoms with Gasteiger partial charge in [0.2, 0.25) is 5.91 Å². The van der Waals surface area contributed by atoms with E-state index in [-0.39, 0.29) is 11.9 Å². The third-order valence-corrected chi connectivity index (χ3v) is 3.83. The molecule has 0 radical (unpaired) electrons. The number of aromatic nitrogens is 1. The lowest BCUT2D eigenvalue weighted by molar-refractivity contribution is -0.150. The zero-order valence-corrected chi connectivity index (χ0v) is 10.5. The molecule has 1 unspecified atom stereocenters. The second-order valence-corrected chi connectivity index (χ2v) is 5.09. The van der Waals surface area contributed by atoms with Crippen LogP contribution in [0.4, 0.5) is 0 Å². The van der Waals surface area contributed by atoms with E-state index in [1.54, 1.807) is 12.4 Å². The maximum atomic E-state index is 11.6. The highest BCUT2D eigenvalue weighted by atomic mass is 32.1. The number of nitrogens with zero attached hydrogens (tertiary/aromatic N) is 2. The van der Waals surface area contributed by atoms with E-state index in [9.17, 15) is 14.7 Å². The van der Waals surface area contributed by atoms with Crippen LogP contribution in [-0.4, -0.2) is 32.9 Å². The van der Waals surface area contributed by atoms with Gasteiger partial charge in [-0.25, -0.2) is 9.78 Å². The number of carbonyl (C=O) groups excluding carboxylic acids is 1. The van der Waals surface area contributed by atoms with Crippen molar-refractivity contribution in [1.82, 2.24) is 9.88 Å². The van der Waals surface area contributed by atoms with E-state index in [1.165, 1.54) is 23.2 Å². The fraction of sp³-hybridized carbons (Fsp3) is 0.545. The number of aryl methyl sites for hydroxylation is 1. The van der Waals surface area contributed by atoms with Gasteiger partial charge in [-0.15, -0.1) is 11.3 Å². The molecule has 1 saturated carbocycles. The predicted octanol–water partition coefficient (Wildman–Crippen LogP) is 1.59. The highest BCUT2D eigenvalue weighted by Crippen LogP contribution is 2.36. The second-order valence-electron chi connectivity index (χ2n) is 4.20. The summed E-state index contributed by atoms with van der Waals surface area (Å²) in [7, 11) is 0. The lowest BCUT2D eigenvalue weighted by Gasteiger charge is -2.27. The maximum Gasteiger partial charge on any atom is 0.332 e. The molecule has 0 bridgehead atoms. The molecule has 1 amide bonds. The molecule has 0 aromatic carbocycles. The number of carboxylic acids is 1. The Kier molecular flexibility index (Phi) is 3.15. The Labute approximate surface area is 103 Å². The Hall–Kier alpha value is -1.43. The molecular formula is C11H14N2O3S. The number of carboxylic acid groups (broad SMARTS) is 1. The Morgan fingerprint density at radius 2 is 2.24 bits per heavy atom. The predicted molar refractivity (Wildman–Crippen MR) is 62.8 cm³/mol. The van der Waals surface area contributed by atoms with E-state index >= 15 is 0 Å². The van der Waals surface area contributed by atoms with E-state index < -0.39 is 12.0 Å². The number of hydrogen-bond donors (Lipinski definition) is 1. The smallest absolute Gasteiger partial charge is 0.332 e. The molecule has 1 aromatic rings. The van der Waals surface area contributed by atoms with Gasteiger partial charge in [0.1, 0.15) is 0 Å². The van der Waals surface area contributed by atoms with Crippen LogP contribution in [0.5, 0.6) is 0 Å². The molecule has 1 N–H and O–H groups in total. The Morgan fingerprint density at radius 1 is 1.59 bits per heavy atom. The van der Waals surface area contributed by atoms with Crippen molar-refractivity contribution in [2.75, 3.05) is 0 Å². The molecule has 1 heterocycles. The zero-order chi connectivity index (χ0) is 12.6. The molecule has 92 valence electrons. The van der Waals surface area contributed by atoms with E-state index in [1.807, 2.05) is 0 Å². The fourth-order valence-electron chi connectivity index (χ4n) is 1.93. The summed E-state index contributed by atoms with van der Waals surface area (Å²) in [5, 5.41) is 9.35. The largest absolute Gasteiger partial charge is 0.479 e. The van der Waals surface area contributed by atoms with E-state index in [0.29, 0.717) is 10.6 Å². The van der Waals surface area contributed by atoms with Gasteiger partial charge < -0.3 is 10.0 Å². The van der Waals surface area contributed by atoms with Gasteiger partial charge in [0.25, 0.3) is 0 Å². The average Bonchev–Trinajstić information content (AvgIpc) is 2.97. The molecule has 1 aromatic heterocycles. The monoisotopic (exact) mass is 254 g/mol. The van der Waals surface area contributed by atoms with Gasteiger partial charge in [0.05, 0.1) is 16.1 Å². The molecule has 0 saturated heterocycles. The molecule has 5 nitrogen and oxygen atoms in total. The molecule has 1 aliphatic carbocycles. The Morgan fingerprint density at radius 3 is 2.59 bits per heavy atom. The minimum absolute atomic E-state index is 0.0788. The normalized spacial score (nSPS) is 16.6. The van der Waals surface area contributed by atoms with E-state index in [2.05, 4.69) is 4.98 Å². The second kappa shape index (κ2) is 4.44. The van der Waals surface area contributed by atoms with Gasteiger partial charge in [-0.3, -0.25) is 4.79 Å². The molecule has 0 spiro atoms. The molecule has 2 rings (SSSR count). The third-order valence-electron chi connectivity index (χ3n) is 2.85. The van der Waals surface area contributed by atoms with Crippen molar-refractivity contribution in [3.63, 3.8) is 0 Å². The van der Waals surface area contributed by atoms with E-state index in [4.69, 9.17) is 0 Å². The Balaban J connectivity index is 2.37. The van der Waals surface area contributed by atoms with Crippen molar-refractivity contribution in [2.24, 2.45) is 0 Å². The van der Waals surface area contributed by atoms with Crippen molar-refractivity contribution in [1.29, 1.82) is 0 Å². The summed E-state index contributed by atoms with van der Waals surface area (Å²) >= 11 is 1.29. The number of thiazole rings is 1. The number of hydrogen-bond acceptors (Lipinski definition) is 4. The molecular weight excluding hydrogens is 240 g/mol. The first kappa shape index (κ1) is 12.0. The summed E-state index contributed by atoms with van der Waals surface area (Å²) in [6.45, 7) is 3.19. The van der Waals surface area contributed by atoms with Crippen molar-refractivity contribution in [3.8, 4) is 0 Å². The zero-order valence-electron chi connectivity index (χ0n) is 9.71. The van der Waals surface area contributed by atoms with Crippen LogP contribution in [0.3, 0.4) is 0 Å². The highest BCUT2D eigenvalue weighted by molar-refractivity contribution is 7.10. The summed E-state index contributed by atoms with van der Waals surface area (Å²) < 4.78 is 0. The third kappa shape index (κ3) is 2.31. The van der Waals surface area contributed by atoms with Crippen LogP contribution in [0.25, 0.3) is 0 Å². The van der Waals surface area contributed by atoms with Crippen molar-refractivity contribution >= 4 is 23.2 Å². The average molecular weight is 254 g/mol. The number of carbonyl (C=O) groups is 2.